The third-order valence-electron chi connectivity index (χ3n) is 3.04. The van der Waals surface area contributed by atoms with Crippen LogP contribution >= 0.6 is 0 Å². The number of nitro groups is 1. The fourth-order valence-electron chi connectivity index (χ4n) is 1.80. The fraction of sp³-hybridized carbons (Fsp3) is 0.533. The van der Waals surface area contributed by atoms with Crippen molar-refractivity contribution in [2.45, 2.75) is 33.7 Å². The lowest BCUT2D eigenvalue weighted by Crippen LogP contribution is -2.30. The zero-order chi connectivity index (χ0) is 15.8. The van der Waals surface area contributed by atoms with E-state index in [1.165, 1.54) is 0 Å². The molecule has 0 aliphatic carbocycles. The molecule has 1 aromatic rings. The van der Waals surface area contributed by atoms with E-state index in [9.17, 15) is 14.9 Å². The van der Waals surface area contributed by atoms with Crippen molar-refractivity contribution in [3.8, 4) is 0 Å². The van der Waals surface area contributed by atoms with E-state index in [4.69, 9.17) is 0 Å². The number of carbonyl (C=O) groups excluding carboxylic acids is 1. The van der Waals surface area contributed by atoms with Gasteiger partial charge in [0.05, 0.1) is 4.92 Å². The van der Waals surface area contributed by atoms with E-state index in [0.717, 1.165) is 5.56 Å². The van der Waals surface area contributed by atoms with Crippen molar-refractivity contribution in [2.24, 2.45) is 5.92 Å². The van der Waals surface area contributed by atoms with Gasteiger partial charge in [-0.15, -0.1) is 0 Å². The number of nitro benzene ring substituents is 1. The minimum atomic E-state index is -0.377. The van der Waals surface area contributed by atoms with Crippen molar-refractivity contribution < 1.29 is 9.72 Å². The van der Waals surface area contributed by atoms with Crippen LogP contribution in [-0.4, -0.2) is 23.9 Å². The fourth-order valence-corrected chi connectivity index (χ4v) is 1.80. The molecular weight excluding hydrogens is 270 g/mol. The van der Waals surface area contributed by atoms with E-state index in [1.54, 1.807) is 19.1 Å². The molecule has 0 heterocycles. The SMILES string of the molecule is Cc1ccc(CNCCC(=O)NCC(C)C)cc1[N+](=O)[O-]. The summed E-state index contributed by atoms with van der Waals surface area (Å²) < 4.78 is 0. The second-order valence-corrected chi connectivity index (χ2v) is 5.50. The highest BCUT2D eigenvalue weighted by molar-refractivity contribution is 5.76. The molecule has 0 unspecified atom stereocenters. The highest BCUT2D eigenvalue weighted by Crippen LogP contribution is 2.18. The lowest BCUT2D eigenvalue weighted by atomic mass is 10.1. The van der Waals surface area contributed by atoms with Gasteiger partial charge in [-0.2, -0.15) is 0 Å². The van der Waals surface area contributed by atoms with Gasteiger partial charge >= 0.3 is 0 Å². The normalized spacial score (nSPS) is 10.7. The largest absolute Gasteiger partial charge is 0.356 e. The number of hydrogen-bond donors (Lipinski definition) is 2. The molecule has 0 spiro atoms. The van der Waals surface area contributed by atoms with E-state index in [1.807, 2.05) is 19.9 Å². The van der Waals surface area contributed by atoms with Gasteiger partial charge in [0, 0.05) is 37.7 Å². The van der Waals surface area contributed by atoms with Crippen molar-refractivity contribution in [3.05, 3.63) is 39.4 Å². The molecule has 1 amide bonds. The minimum Gasteiger partial charge on any atom is -0.356 e. The highest BCUT2D eigenvalue weighted by Gasteiger charge is 2.10. The third-order valence-corrected chi connectivity index (χ3v) is 3.04. The van der Waals surface area contributed by atoms with Crippen LogP contribution in [0.5, 0.6) is 0 Å². The molecule has 0 aliphatic heterocycles. The summed E-state index contributed by atoms with van der Waals surface area (Å²) in [6.45, 7) is 7.55. The number of carbonyl (C=O) groups is 1. The maximum atomic E-state index is 11.5. The Morgan fingerprint density at radius 1 is 1.38 bits per heavy atom. The molecule has 0 aliphatic rings. The minimum absolute atomic E-state index is 0.0195. The zero-order valence-electron chi connectivity index (χ0n) is 12.8. The number of benzene rings is 1. The number of amides is 1. The first kappa shape index (κ1) is 17.1. The molecule has 116 valence electrons. The number of aryl methyl sites for hydroxylation is 1. The summed E-state index contributed by atoms with van der Waals surface area (Å²) >= 11 is 0. The summed E-state index contributed by atoms with van der Waals surface area (Å²) in [6.07, 6.45) is 0.403. The molecule has 0 bridgehead atoms. The Morgan fingerprint density at radius 2 is 2.10 bits per heavy atom. The first-order valence-corrected chi connectivity index (χ1v) is 7.11. The van der Waals surface area contributed by atoms with Gasteiger partial charge in [0.15, 0.2) is 0 Å². The van der Waals surface area contributed by atoms with Gasteiger partial charge in [-0.25, -0.2) is 0 Å². The van der Waals surface area contributed by atoms with Crippen LogP contribution in [0.4, 0.5) is 5.69 Å². The molecule has 1 aromatic carbocycles. The Bertz CT molecular complexity index is 501. The molecule has 2 N–H and O–H groups in total. The summed E-state index contributed by atoms with van der Waals surface area (Å²) in [5.41, 5.74) is 1.62. The number of nitrogens with one attached hydrogen (secondary N) is 2. The maximum absolute atomic E-state index is 11.5. The second kappa shape index (κ2) is 8.36. The molecular formula is C15H23N3O3. The average molecular weight is 293 g/mol. The lowest BCUT2D eigenvalue weighted by molar-refractivity contribution is -0.385. The Hall–Kier alpha value is -1.95. The summed E-state index contributed by atoms with van der Waals surface area (Å²) in [7, 11) is 0. The van der Waals surface area contributed by atoms with Crippen molar-refractivity contribution in [1.82, 2.24) is 10.6 Å². The average Bonchev–Trinajstić information content (AvgIpc) is 2.42. The standard InChI is InChI=1S/C15H23N3O3/c1-11(2)9-17-15(19)6-7-16-10-13-5-4-12(3)14(8-13)18(20)21/h4-5,8,11,16H,6-7,9-10H2,1-3H3,(H,17,19). The van der Waals surface area contributed by atoms with Crippen molar-refractivity contribution in [1.29, 1.82) is 0 Å². The number of nitrogens with zero attached hydrogens (tertiary/aromatic N) is 1. The van der Waals surface area contributed by atoms with Crippen molar-refractivity contribution >= 4 is 11.6 Å². The van der Waals surface area contributed by atoms with Crippen LogP contribution in [0, 0.1) is 23.0 Å². The molecule has 1 rings (SSSR count). The smallest absolute Gasteiger partial charge is 0.272 e. The topological polar surface area (TPSA) is 84.3 Å². The highest BCUT2D eigenvalue weighted by atomic mass is 16.6. The van der Waals surface area contributed by atoms with Crippen LogP contribution in [0.2, 0.25) is 0 Å². The maximum Gasteiger partial charge on any atom is 0.272 e. The number of rotatable bonds is 8. The zero-order valence-corrected chi connectivity index (χ0v) is 12.8. The molecule has 6 heteroatoms. The predicted octanol–water partition coefficient (Wildman–Crippen LogP) is 2.16. The molecule has 0 saturated carbocycles. The monoisotopic (exact) mass is 293 g/mol. The molecule has 0 radical (unpaired) electrons. The lowest BCUT2D eigenvalue weighted by Gasteiger charge is -2.08. The van der Waals surface area contributed by atoms with Crippen LogP contribution in [0.3, 0.4) is 0 Å². The molecule has 0 saturated heterocycles. The molecule has 21 heavy (non-hydrogen) atoms. The van der Waals surface area contributed by atoms with Crippen LogP contribution in [0.25, 0.3) is 0 Å². The Kier molecular flexibility index (Phi) is 6.81. The van der Waals surface area contributed by atoms with Gasteiger partial charge in [0.2, 0.25) is 5.91 Å². The predicted molar refractivity (Wildman–Crippen MR) is 82.0 cm³/mol. The van der Waals surface area contributed by atoms with E-state index < -0.39 is 0 Å². The summed E-state index contributed by atoms with van der Waals surface area (Å²) in [6, 6.07) is 5.17. The quantitative estimate of drug-likeness (QED) is 0.437. The molecule has 0 fully saturated rings. The van der Waals surface area contributed by atoms with E-state index >= 15 is 0 Å². The van der Waals surface area contributed by atoms with Gasteiger partial charge in [-0.3, -0.25) is 14.9 Å². The second-order valence-electron chi connectivity index (χ2n) is 5.50. The van der Waals surface area contributed by atoms with Gasteiger partial charge in [-0.05, 0) is 18.4 Å². The van der Waals surface area contributed by atoms with Crippen molar-refractivity contribution in [3.63, 3.8) is 0 Å². The molecule has 6 nitrogen and oxygen atoms in total. The summed E-state index contributed by atoms with van der Waals surface area (Å²) in [5, 5.41) is 16.8. The van der Waals surface area contributed by atoms with E-state index in [-0.39, 0.29) is 16.5 Å². The first-order valence-electron chi connectivity index (χ1n) is 7.11. The third kappa shape index (κ3) is 6.35. The van der Waals surface area contributed by atoms with Gasteiger partial charge in [0.1, 0.15) is 0 Å². The molecule has 0 atom stereocenters. The van der Waals surface area contributed by atoms with E-state index in [2.05, 4.69) is 10.6 Å². The van der Waals surface area contributed by atoms with Crippen LogP contribution in [0.15, 0.2) is 18.2 Å². The van der Waals surface area contributed by atoms with Gasteiger partial charge in [0.25, 0.3) is 5.69 Å². The van der Waals surface area contributed by atoms with Crippen molar-refractivity contribution in [2.75, 3.05) is 13.1 Å². The summed E-state index contributed by atoms with van der Waals surface area (Å²) in [5.74, 6) is 0.459. The van der Waals surface area contributed by atoms with Crippen LogP contribution in [-0.2, 0) is 11.3 Å². The summed E-state index contributed by atoms with van der Waals surface area (Å²) in [4.78, 5) is 22.0. The number of hydrogen-bond acceptors (Lipinski definition) is 4. The van der Waals surface area contributed by atoms with Gasteiger partial charge < -0.3 is 10.6 Å². The van der Waals surface area contributed by atoms with Crippen LogP contribution in [0.1, 0.15) is 31.4 Å². The van der Waals surface area contributed by atoms with E-state index in [0.29, 0.717) is 37.5 Å². The first-order chi connectivity index (χ1) is 9.90. The molecule has 0 aromatic heterocycles. The Balaban J connectivity index is 2.34. The van der Waals surface area contributed by atoms with Crippen LogP contribution < -0.4 is 10.6 Å². The Morgan fingerprint density at radius 3 is 2.71 bits per heavy atom. The van der Waals surface area contributed by atoms with Gasteiger partial charge in [-0.1, -0.05) is 26.0 Å². The Labute approximate surface area is 125 Å².